The van der Waals surface area contributed by atoms with Crippen LogP contribution in [-0.4, -0.2) is 21.8 Å². The van der Waals surface area contributed by atoms with Gasteiger partial charge in [0.25, 0.3) is 0 Å². The predicted molar refractivity (Wildman–Crippen MR) is 87.9 cm³/mol. The van der Waals surface area contributed by atoms with Gasteiger partial charge in [-0.25, -0.2) is 9.37 Å². The second kappa shape index (κ2) is 6.10. The van der Waals surface area contributed by atoms with Gasteiger partial charge in [0.1, 0.15) is 11.5 Å². The standard InChI is InChI=1S/C18H18FN3/c1-13(14-5-3-6-16(19)11-14)20-10-8-15-12-22(2)18-17(15)7-4-9-21-18/h3-7,9,11-12H,8,10H2,1-2H3/b20-13+. The largest absolute Gasteiger partial charge is 0.335 e. The highest BCUT2D eigenvalue weighted by atomic mass is 19.1. The Balaban J connectivity index is 1.76. The lowest BCUT2D eigenvalue weighted by atomic mass is 10.1. The summed E-state index contributed by atoms with van der Waals surface area (Å²) < 4.78 is 15.3. The van der Waals surface area contributed by atoms with Gasteiger partial charge in [-0.3, -0.25) is 4.99 Å². The van der Waals surface area contributed by atoms with Gasteiger partial charge < -0.3 is 4.57 Å². The lowest BCUT2D eigenvalue weighted by Crippen LogP contribution is -1.98. The summed E-state index contributed by atoms with van der Waals surface area (Å²) in [6.07, 6.45) is 4.75. The maximum Gasteiger partial charge on any atom is 0.139 e. The van der Waals surface area contributed by atoms with E-state index in [1.807, 2.05) is 30.7 Å². The molecule has 0 atom stereocenters. The molecule has 2 heterocycles. The summed E-state index contributed by atoms with van der Waals surface area (Å²) in [5, 5.41) is 1.17. The van der Waals surface area contributed by atoms with E-state index < -0.39 is 0 Å². The third kappa shape index (κ3) is 2.91. The third-order valence-electron chi connectivity index (χ3n) is 3.79. The van der Waals surface area contributed by atoms with E-state index in [1.165, 1.54) is 23.1 Å². The number of benzene rings is 1. The minimum absolute atomic E-state index is 0.229. The van der Waals surface area contributed by atoms with Crippen LogP contribution < -0.4 is 0 Å². The van der Waals surface area contributed by atoms with E-state index in [9.17, 15) is 4.39 Å². The number of hydrogen-bond acceptors (Lipinski definition) is 2. The summed E-state index contributed by atoms with van der Waals surface area (Å²) in [6, 6.07) is 10.6. The fourth-order valence-corrected chi connectivity index (χ4v) is 2.64. The average Bonchev–Trinajstić information content (AvgIpc) is 2.84. The molecule has 0 fully saturated rings. The molecule has 22 heavy (non-hydrogen) atoms. The first-order valence-electron chi connectivity index (χ1n) is 7.31. The molecule has 0 aliphatic rings. The van der Waals surface area contributed by atoms with Crippen LogP contribution in [0.3, 0.4) is 0 Å². The molecule has 1 aromatic carbocycles. The number of hydrogen-bond donors (Lipinski definition) is 0. The summed E-state index contributed by atoms with van der Waals surface area (Å²) in [7, 11) is 2.00. The summed E-state index contributed by atoms with van der Waals surface area (Å²) in [6.45, 7) is 2.59. The quantitative estimate of drug-likeness (QED) is 0.674. The van der Waals surface area contributed by atoms with Gasteiger partial charge in [-0.05, 0) is 48.7 Å². The smallest absolute Gasteiger partial charge is 0.139 e. The van der Waals surface area contributed by atoms with Gasteiger partial charge in [0.15, 0.2) is 0 Å². The zero-order valence-electron chi connectivity index (χ0n) is 12.8. The van der Waals surface area contributed by atoms with Gasteiger partial charge in [0.2, 0.25) is 0 Å². The number of aryl methyl sites for hydroxylation is 1. The van der Waals surface area contributed by atoms with Crippen molar-refractivity contribution in [3.63, 3.8) is 0 Å². The van der Waals surface area contributed by atoms with Gasteiger partial charge in [-0.1, -0.05) is 12.1 Å². The van der Waals surface area contributed by atoms with Crippen molar-refractivity contribution in [1.82, 2.24) is 9.55 Å². The van der Waals surface area contributed by atoms with Gasteiger partial charge in [0, 0.05) is 37.1 Å². The van der Waals surface area contributed by atoms with E-state index in [0.717, 1.165) is 23.3 Å². The maximum absolute atomic E-state index is 13.2. The Labute approximate surface area is 129 Å². The number of nitrogens with zero attached hydrogens (tertiary/aromatic N) is 3. The number of aliphatic imine (C=N–C) groups is 1. The molecular weight excluding hydrogens is 277 g/mol. The molecule has 112 valence electrons. The van der Waals surface area contributed by atoms with Crippen LogP contribution in [0.15, 0.2) is 53.8 Å². The minimum atomic E-state index is -0.229. The van der Waals surface area contributed by atoms with Crippen molar-refractivity contribution < 1.29 is 4.39 Å². The van der Waals surface area contributed by atoms with E-state index in [1.54, 1.807) is 12.3 Å². The van der Waals surface area contributed by atoms with E-state index in [2.05, 4.69) is 22.2 Å². The fraction of sp³-hybridized carbons (Fsp3) is 0.222. The summed E-state index contributed by atoms with van der Waals surface area (Å²) in [5.41, 5.74) is 3.92. The van der Waals surface area contributed by atoms with Crippen molar-refractivity contribution in [3.8, 4) is 0 Å². The molecule has 4 heteroatoms. The first-order chi connectivity index (χ1) is 10.6. The lowest BCUT2D eigenvalue weighted by Gasteiger charge is -2.01. The zero-order valence-corrected chi connectivity index (χ0v) is 12.8. The molecule has 0 radical (unpaired) electrons. The minimum Gasteiger partial charge on any atom is -0.335 e. The molecule has 0 amide bonds. The van der Waals surface area contributed by atoms with E-state index >= 15 is 0 Å². The van der Waals surface area contributed by atoms with Crippen molar-refractivity contribution in [2.24, 2.45) is 12.0 Å². The number of aromatic nitrogens is 2. The highest BCUT2D eigenvalue weighted by Crippen LogP contribution is 2.18. The van der Waals surface area contributed by atoms with E-state index in [4.69, 9.17) is 0 Å². The van der Waals surface area contributed by atoms with Gasteiger partial charge in [-0.15, -0.1) is 0 Å². The van der Waals surface area contributed by atoms with Crippen molar-refractivity contribution in [1.29, 1.82) is 0 Å². The Hall–Kier alpha value is -2.49. The predicted octanol–water partition coefficient (Wildman–Crippen LogP) is 3.76. The third-order valence-corrected chi connectivity index (χ3v) is 3.79. The van der Waals surface area contributed by atoms with Crippen molar-refractivity contribution in [3.05, 3.63) is 65.7 Å². The summed E-state index contributed by atoms with van der Waals surface area (Å²) in [5.74, 6) is -0.229. The van der Waals surface area contributed by atoms with Crippen LogP contribution in [0.4, 0.5) is 4.39 Å². The van der Waals surface area contributed by atoms with Crippen LogP contribution in [0.1, 0.15) is 18.1 Å². The summed E-state index contributed by atoms with van der Waals surface area (Å²) >= 11 is 0. The molecule has 0 spiro atoms. The van der Waals surface area contributed by atoms with Crippen LogP contribution >= 0.6 is 0 Å². The second-order valence-corrected chi connectivity index (χ2v) is 5.37. The topological polar surface area (TPSA) is 30.2 Å². The molecule has 0 saturated heterocycles. The Bertz CT molecular complexity index is 833. The van der Waals surface area contributed by atoms with Crippen LogP contribution in [0.25, 0.3) is 11.0 Å². The number of pyridine rings is 1. The van der Waals surface area contributed by atoms with Crippen LogP contribution in [0.2, 0.25) is 0 Å². The molecule has 3 nitrogen and oxygen atoms in total. The van der Waals surface area contributed by atoms with Crippen molar-refractivity contribution >= 4 is 16.7 Å². The zero-order chi connectivity index (χ0) is 15.5. The lowest BCUT2D eigenvalue weighted by molar-refractivity contribution is 0.627. The molecule has 0 aliphatic heterocycles. The molecule has 0 saturated carbocycles. The molecule has 3 aromatic rings. The average molecular weight is 295 g/mol. The summed E-state index contributed by atoms with van der Waals surface area (Å²) in [4.78, 5) is 8.95. The first-order valence-corrected chi connectivity index (χ1v) is 7.31. The van der Waals surface area contributed by atoms with Crippen LogP contribution in [0, 0.1) is 5.82 Å². The molecule has 0 N–H and O–H groups in total. The van der Waals surface area contributed by atoms with Crippen LogP contribution in [0.5, 0.6) is 0 Å². The van der Waals surface area contributed by atoms with Gasteiger partial charge >= 0.3 is 0 Å². The SMILES string of the molecule is C/C(=N\CCc1cn(C)c2ncccc12)c1cccc(F)c1. The number of fused-ring (bicyclic) bond motifs is 1. The molecular formula is C18H18FN3. The molecule has 0 aliphatic carbocycles. The van der Waals surface area contributed by atoms with Crippen LogP contribution in [-0.2, 0) is 13.5 Å². The number of halogens is 1. The van der Waals surface area contributed by atoms with E-state index in [0.29, 0.717) is 6.54 Å². The molecule has 0 bridgehead atoms. The first kappa shape index (κ1) is 14.4. The molecule has 0 unspecified atom stereocenters. The number of rotatable bonds is 4. The Morgan fingerprint density at radius 2 is 2.14 bits per heavy atom. The van der Waals surface area contributed by atoms with Crippen molar-refractivity contribution in [2.75, 3.05) is 6.54 Å². The van der Waals surface area contributed by atoms with Crippen molar-refractivity contribution in [2.45, 2.75) is 13.3 Å². The second-order valence-electron chi connectivity index (χ2n) is 5.37. The van der Waals surface area contributed by atoms with Gasteiger partial charge in [0.05, 0.1) is 0 Å². The molecule has 2 aromatic heterocycles. The Morgan fingerprint density at radius 1 is 1.27 bits per heavy atom. The Morgan fingerprint density at radius 3 is 2.95 bits per heavy atom. The normalized spacial score (nSPS) is 12.0. The fourth-order valence-electron chi connectivity index (χ4n) is 2.64. The van der Waals surface area contributed by atoms with E-state index in [-0.39, 0.29) is 5.82 Å². The Kier molecular flexibility index (Phi) is 4.00. The maximum atomic E-state index is 13.2. The van der Waals surface area contributed by atoms with Gasteiger partial charge in [-0.2, -0.15) is 0 Å². The highest BCUT2D eigenvalue weighted by molar-refractivity contribution is 5.98. The monoisotopic (exact) mass is 295 g/mol. The molecule has 3 rings (SSSR count). The highest BCUT2D eigenvalue weighted by Gasteiger charge is 2.06.